The van der Waals surface area contributed by atoms with Crippen LogP contribution in [-0.2, 0) is 23.1 Å². The van der Waals surface area contributed by atoms with Crippen molar-refractivity contribution in [2.75, 3.05) is 0 Å². The molecule has 0 amide bonds. The van der Waals surface area contributed by atoms with Crippen LogP contribution in [0, 0.1) is 0 Å². The van der Waals surface area contributed by atoms with E-state index in [-0.39, 0.29) is 17.1 Å². The molecule has 8 nitrogen and oxygen atoms in total. The van der Waals surface area contributed by atoms with Crippen LogP contribution >= 0.6 is 0 Å². The Hall–Kier alpha value is -2.13. The van der Waals surface area contributed by atoms with Crippen LogP contribution in [-0.4, -0.2) is 34.0 Å². The van der Waals surface area contributed by atoms with Gasteiger partial charge in [-0.05, 0) is 12.5 Å². The summed E-state index contributed by atoms with van der Waals surface area (Å²) in [6.07, 6.45) is 5.14. The van der Waals surface area contributed by atoms with Gasteiger partial charge in [-0.25, -0.2) is 22.9 Å². The fourth-order valence-corrected chi connectivity index (χ4v) is 2.90. The van der Waals surface area contributed by atoms with Crippen molar-refractivity contribution in [1.29, 1.82) is 0 Å². The highest BCUT2D eigenvalue weighted by Gasteiger charge is 2.21. The maximum Gasteiger partial charge on any atom is 0.352 e. The quantitative estimate of drug-likeness (QED) is 0.699. The van der Waals surface area contributed by atoms with Gasteiger partial charge in [-0.15, -0.1) is 0 Å². The van der Waals surface area contributed by atoms with Crippen LogP contribution in [0.2, 0.25) is 0 Å². The molecule has 0 radical (unpaired) electrons. The van der Waals surface area contributed by atoms with E-state index in [1.54, 1.807) is 6.20 Å². The van der Waals surface area contributed by atoms with Gasteiger partial charge in [0.2, 0.25) is 10.0 Å². The van der Waals surface area contributed by atoms with Gasteiger partial charge in [0.15, 0.2) is 0 Å². The van der Waals surface area contributed by atoms with Gasteiger partial charge in [0.05, 0.1) is 6.54 Å². The SMILES string of the molecule is CCCn1cc(S(=O)(=O)NCc2ncc[nH]2)cc1C(=O)O. The maximum absolute atomic E-state index is 12.2. The van der Waals surface area contributed by atoms with Gasteiger partial charge in [-0.1, -0.05) is 6.92 Å². The number of nitrogens with one attached hydrogen (secondary N) is 2. The fraction of sp³-hybridized carbons (Fsp3) is 0.333. The number of aromatic amines is 1. The molecule has 0 bridgehead atoms. The minimum atomic E-state index is -3.78. The van der Waals surface area contributed by atoms with Crippen LogP contribution in [0.25, 0.3) is 0 Å². The molecule has 21 heavy (non-hydrogen) atoms. The molecule has 2 aromatic heterocycles. The van der Waals surface area contributed by atoms with Crippen molar-refractivity contribution in [1.82, 2.24) is 19.3 Å². The van der Waals surface area contributed by atoms with E-state index in [1.807, 2.05) is 6.92 Å². The second-order valence-electron chi connectivity index (χ2n) is 4.42. The third kappa shape index (κ3) is 3.50. The van der Waals surface area contributed by atoms with E-state index < -0.39 is 16.0 Å². The number of carboxylic acids is 1. The Balaban J connectivity index is 2.23. The van der Waals surface area contributed by atoms with Crippen LogP contribution in [0.5, 0.6) is 0 Å². The van der Waals surface area contributed by atoms with Crippen molar-refractivity contribution < 1.29 is 18.3 Å². The number of aromatic carboxylic acids is 1. The summed E-state index contributed by atoms with van der Waals surface area (Å²) in [5.74, 6) is -0.680. The highest BCUT2D eigenvalue weighted by Crippen LogP contribution is 2.15. The molecule has 2 rings (SSSR count). The first-order valence-corrected chi connectivity index (χ1v) is 7.83. The van der Waals surface area contributed by atoms with Gasteiger partial charge < -0.3 is 14.7 Å². The molecule has 0 aliphatic heterocycles. The molecule has 2 aromatic rings. The molecule has 0 aromatic carbocycles. The van der Waals surface area contributed by atoms with E-state index in [4.69, 9.17) is 5.11 Å². The highest BCUT2D eigenvalue weighted by atomic mass is 32.2. The minimum absolute atomic E-state index is 0.0106. The maximum atomic E-state index is 12.2. The number of carboxylic acid groups (broad SMARTS) is 1. The summed E-state index contributed by atoms with van der Waals surface area (Å²) in [4.78, 5) is 17.8. The van der Waals surface area contributed by atoms with E-state index in [0.717, 1.165) is 6.07 Å². The van der Waals surface area contributed by atoms with Gasteiger partial charge in [-0.3, -0.25) is 0 Å². The summed E-state index contributed by atoms with van der Waals surface area (Å²) in [6, 6.07) is 1.16. The second kappa shape index (κ2) is 6.10. The van der Waals surface area contributed by atoms with Crippen LogP contribution in [0.3, 0.4) is 0 Å². The first kappa shape index (κ1) is 15.3. The molecule has 9 heteroatoms. The smallest absolute Gasteiger partial charge is 0.352 e. The topological polar surface area (TPSA) is 117 Å². The van der Waals surface area contributed by atoms with E-state index in [1.165, 1.54) is 17.0 Å². The zero-order valence-electron chi connectivity index (χ0n) is 11.4. The highest BCUT2D eigenvalue weighted by molar-refractivity contribution is 7.89. The molecule has 3 N–H and O–H groups in total. The number of hydrogen-bond acceptors (Lipinski definition) is 4. The predicted octanol–water partition coefficient (Wildman–Crippen LogP) is 0.798. The van der Waals surface area contributed by atoms with Crippen LogP contribution < -0.4 is 4.72 Å². The van der Waals surface area contributed by atoms with Gasteiger partial charge in [-0.2, -0.15) is 0 Å². The van der Waals surface area contributed by atoms with Crippen molar-refractivity contribution >= 4 is 16.0 Å². The molecule has 0 atom stereocenters. The van der Waals surface area contributed by atoms with Gasteiger partial charge in [0, 0.05) is 25.1 Å². The molecule has 0 saturated heterocycles. The molecule has 0 fully saturated rings. The monoisotopic (exact) mass is 312 g/mol. The summed E-state index contributed by atoms with van der Waals surface area (Å²) in [5.41, 5.74) is -0.0461. The van der Waals surface area contributed by atoms with Crippen LogP contribution in [0.15, 0.2) is 29.6 Å². The Bertz CT molecular complexity index is 719. The van der Waals surface area contributed by atoms with Gasteiger partial charge >= 0.3 is 5.97 Å². The summed E-state index contributed by atoms with van der Waals surface area (Å²) < 4.78 is 28.1. The largest absolute Gasteiger partial charge is 0.477 e. The number of sulfonamides is 1. The molecule has 114 valence electrons. The zero-order valence-corrected chi connectivity index (χ0v) is 12.2. The molecule has 0 aliphatic rings. The lowest BCUT2D eigenvalue weighted by Gasteiger charge is -2.03. The summed E-state index contributed by atoms with van der Waals surface area (Å²) in [6.45, 7) is 2.33. The number of aryl methyl sites for hydroxylation is 1. The molecular weight excluding hydrogens is 296 g/mol. The molecule has 0 aliphatic carbocycles. The van der Waals surface area contributed by atoms with E-state index >= 15 is 0 Å². The lowest BCUT2D eigenvalue weighted by molar-refractivity contribution is 0.0685. The van der Waals surface area contributed by atoms with Crippen LogP contribution in [0.4, 0.5) is 0 Å². The second-order valence-corrected chi connectivity index (χ2v) is 6.19. The third-order valence-corrected chi connectivity index (χ3v) is 4.22. The number of hydrogen-bond donors (Lipinski definition) is 3. The number of aromatic nitrogens is 3. The molecular formula is C12H16N4O4S. The molecule has 0 unspecified atom stereocenters. The molecule has 0 spiro atoms. The minimum Gasteiger partial charge on any atom is -0.477 e. The number of carbonyl (C=O) groups is 1. The van der Waals surface area contributed by atoms with Crippen molar-refractivity contribution in [2.45, 2.75) is 31.3 Å². The predicted molar refractivity (Wildman–Crippen MR) is 74.3 cm³/mol. The lowest BCUT2D eigenvalue weighted by Crippen LogP contribution is -2.23. The van der Waals surface area contributed by atoms with Crippen molar-refractivity contribution in [3.05, 3.63) is 36.2 Å². The van der Waals surface area contributed by atoms with Crippen LogP contribution in [0.1, 0.15) is 29.7 Å². The molecule has 0 saturated carbocycles. The fourth-order valence-electron chi connectivity index (χ4n) is 1.88. The Morgan fingerprint density at radius 1 is 1.52 bits per heavy atom. The average molecular weight is 312 g/mol. The van der Waals surface area contributed by atoms with Gasteiger partial charge in [0.1, 0.15) is 16.4 Å². The Morgan fingerprint density at radius 2 is 2.29 bits per heavy atom. The summed E-state index contributed by atoms with van der Waals surface area (Å²) in [7, 11) is -3.78. The normalized spacial score (nSPS) is 11.7. The standard InChI is InChI=1S/C12H16N4O4S/c1-2-5-16-8-9(6-10(16)12(17)18)21(19,20)15-7-11-13-3-4-14-11/h3-4,6,8,15H,2,5,7H2,1H3,(H,13,14)(H,17,18). The zero-order chi connectivity index (χ0) is 15.5. The van der Waals surface area contributed by atoms with Crippen molar-refractivity contribution in [2.24, 2.45) is 0 Å². The Morgan fingerprint density at radius 3 is 2.86 bits per heavy atom. The van der Waals surface area contributed by atoms with E-state index in [9.17, 15) is 13.2 Å². The van der Waals surface area contributed by atoms with E-state index in [2.05, 4.69) is 14.7 Å². The Kier molecular flexibility index (Phi) is 4.43. The number of H-pyrrole nitrogens is 1. The third-order valence-electron chi connectivity index (χ3n) is 2.85. The van der Waals surface area contributed by atoms with E-state index in [0.29, 0.717) is 18.8 Å². The lowest BCUT2D eigenvalue weighted by atomic mass is 10.4. The van der Waals surface area contributed by atoms with Crippen molar-refractivity contribution in [3.8, 4) is 0 Å². The molecule has 2 heterocycles. The summed E-state index contributed by atoms with van der Waals surface area (Å²) >= 11 is 0. The number of nitrogens with zero attached hydrogens (tertiary/aromatic N) is 2. The average Bonchev–Trinajstić information content (AvgIpc) is 3.06. The number of rotatable bonds is 7. The van der Waals surface area contributed by atoms with Gasteiger partial charge in [0.25, 0.3) is 0 Å². The first-order valence-electron chi connectivity index (χ1n) is 6.35. The first-order chi connectivity index (χ1) is 9.94. The Labute approximate surface area is 121 Å². The summed E-state index contributed by atoms with van der Waals surface area (Å²) in [5, 5.41) is 9.10. The van der Waals surface area contributed by atoms with Crippen molar-refractivity contribution in [3.63, 3.8) is 0 Å². The number of imidazole rings is 1.